The van der Waals surface area contributed by atoms with E-state index in [1.807, 2.05) is 0 Å². The van der Waals surface area contributed by atoms with Crippen LogP contribution in [-0.4, -0.2) is 14.6 Å². The Hall–Kier alpha value is 1.20. The van der Waals surface area contributed by atoms with Gasteiger partial charge in [-0.05, 0) is 0 Å². The van der Waals surface area contributed by atoms with Gasteiger partial charge in [0.1, 0.15) is 0 Å². The summed E-state index contributed by atoms with van der Waals surface area (Å²) in [4.78, 5) is 0. The normalized spacial score (nSPS) is 11.8. The van der Waals surface area contributed by atoms with Crippen LogP contribution in [0.2, 0.25) is 0 Å². The molecule has 0 spiro atoms. The van der Waals surface area contributed by atoms with Crippen LogP contribution in [0, 0.1) is 0 Å². The van der Waals surface area contributed by atoms with Crippen molar-refractivity contribution in [2.24, 2.45) is 0 Å². The molecule has 0 bridgehead atoms. The molecule has 0 N–H and O–H groups in total. The molecule has 0 aliphatic heterocycles. The van der Waals surface area contributed by atoms with Crippen molar-refractivity contribution in [2.45, 2.75) is 19.5 Å². The van der Waals surface area contributed by atoms with Gasteiger partial charge in [0.25, 0.3) is 4.18 Å². The van der Waals surface area contributed by atoms with E-state index in [0.717, 1.165) is 6.92 Å². The first-order chi connectivity index (χ1) is 4.56. The Balaban J connectivity index is 0. The average Bonchev–Trinajstić information content (AvgIpc) is 1.59. The molecule has 0 rings (SSSR count). The second-order valence-electron chi connectivity index (χ2n) is 1.35. The Morgan fingerprint density at radius 3 is 1.36 bits per heavy atom. The Kier molecular flexibility index (Phi) is 7.73. The molecule has 0 saturated heterocycles. The molecular formula is C3H5F3I2O2S. The molecule has 0 amide bonds. The summed E-state index contributed by atoms with van der Waals surface area (Å²) in [6.45, 7) is 1.08. The van der Waals surface area contributed by atoms with Crippen LogP contribution in [-0.2, 0) is 4.18 Å². The lowest BCUT2D eigenvalue weighted by Crippen LogP contribution is -2.02. The van der Waals surface area contributed by atoms with Crippen molar-refractivity contribution >= 4 is 46.6 Å². The maximum atomic E-state index is 10.8. The summed E-state index contributed by atoms with van der Waals surface area (Å²) in [7, 11) is 0. The zero-order valence-corrected chi connectivity index (χ0v) is 10.5. The van der Waals surface area contributed by atoms with Gasteiger partial charge in [0.2, 0.25) is 0 Å². The van der Waals surface area contributed by atoms with E-state index in [1.165, 1.54) is 42.4 Å². The number of hydrogen-bond acceptors (Lipinski definition) is 2. The van der Waals surface area contributed by atoms with Gasteiger partial charge < -0.3 is 0 Å². The second kappa shape index (κ2) is 5.78. The highest BCUT2D eigenvalue weighted by molar-refractivity contribution is 14.3. The Labute approximate surface area is 87.0 Å². The van der Waals surface area contributed by atoms with Gasteiger partial charge in [-0.3, -0.25) is 0 Å². The van der Waals surface area contributed by atoms with Crippen LogP contribution in [0.3, 0.4) is 0 Å². The molecule has 0 aromatic rings. The van der Waals surface area contributed by atoms with E-state index in [1.54, 1.807) is 0 Å². The smallest absolute Gasteiger partial charge is 0.208 e. The van der Waals surface area contributed by atoms with Gasteiger partial charge in [0.15, 0.2) is 0 Å². The van der Waals surface area contributed by atoms with Crippen LogP contribution in [0.5, 0.6) is 0 Å². The van der Waals surface area contributed by atoms with Crippen molar-refractivity contribution in [1.29, 1.82) is 0 Å². The Morgan fingerprint density at radius 1 is 1.27 bits per heavy atom. The Morgan fingerprint density at radius 2 is 1.36 bits per heavy atom. The first-order valence-electron chi connectivity index (χ1n) is 2.27. The summed E-state index contributed by atoms with van der Waals surface area (Å²) < 4.78 is 48.8. The van der Waals surface area contributed by atoms with Gasteiger partial charge in [-0.15, -0.1) is 0 Å². The number of hydrogen-bond donors (Lipinski definition) is 0. The minimum absolute atomic E-state index is 0.729. The van der Waals surface area contributed by atoms with Gasteiger partial charge in [-0.25, -0.2) is 8.42 Å². The van der Waals surface area contributed by atoms with Crippen LogP contribution in [0.15, 0.2) is 0 Å². The third kappa shape index (κ3) is 53.7. The summed E-state index contributed by atoms with van der Waals surface area (Å²) in [6.07, 6.45) is -4.69. The molecule has 0 fully saturated rings. The lowest BCUT2D eigenvalue weighted by molar-refractivity contribution is -0.130. The molecule has 11 heavy (non-hydrogen) atoms. The molecule has 0 aromatic heterocycles. The molecule has 0 aromatic carbocycles. The first kappa shape index (κ1) is 14.7. The highest BCUT2D eigenvalue weighted by Crippen LogP contribution is 2.17. The fourth-order valence-corrected chi connectivity index (χ4v) is 0. The first-order valence-corrected chi connectivity index (χ1v) is 8.84. The predicted octanol–water partition coefficient (Wildman–Crippen LogP) is 3.06. The molecule has 70 valence electrons. The second-order valence-corrected chi connectivity index (χ2v) is 14.1. The van der Waals surface area contributed by atoms with Crippen molar-refractivity contribution < 1.29 is 21.6 Å². The van der Waals surface area contributed by atoms with Crippen molar-refractivity contribution in [3.05, 3.63) is 0 Å². The lowest BCUT2D eigenvalue weighted by Gasteiger charge is -1.96. The van der Waals surface area contributed by atoms with Crippen LogP contribution in [0.1, 0.15) is 13.3 Å². The largest absolute Gasteiger partial charge is 0.388 e. The molecule has 0 unspecified atom stereocenters. The topological polar surface area (TPSA) is 34.1 Å². The number of alkyl halides is 3. The highest BCUT2D eigenvalue weighted by Gasteiger charge is 2.22. The molecular weight excluding hydrogens is 411 g/mol. The number of rotatable bonds is 0. The van der Waals surface area contributed by atoms with Crippen LogP contribution in [0.4, 0.5) is 13.2 Å². The van der Waals surface area contributed by atoms with Gasteiger partial charge >= 0.3 is 6.18 Å². The quantitative estimate of drug-likeness (QED) is 0.450. The van der Waals surface area contributed by atoms with E-state index in [-0.39, 0.29) is 0 Å². The zero-order valence-electron chi connectivity index (χ0n) is 5.32. The fourth-order valence-electron chi connectivity index (χ4n) is 0. The average molecular weight is 416 g/mol. The predicted molar refractivity (Wildman–Crippen MR) is 53.3 cm³/mol. The van der Waals surface area contributed by atoms with Gasteiger partial charge in [-0.1, -0.05) is 6.92 Å². The molecule has 0 aliphatic rings. The third-order valence-corrected chi connectivity index (χ3v) is 0.401. The van der Waals surface area contributed by atoms with Crippen LogP contribution in [0.25, 0.3) is 0 Å². The summed E-state index contributed by atoms with van der Waals surface area (Å²) in [6, 6.07) is 0. The maximum absolute atomic E-state index is 10.8. The Bertz CT molecular complexity index is 177. The zero-order chi connectivity index (χ0) is 9.71. The number of halogens is 5. The third-order valence-electron chi connectivity index (χ3n) is 0.401. The summed E-state index contributed by atoms with van der Waals surface area (Å²) >= 11 is 2.67. The maximum Gasteiger partial charge on any atom is 0.388 e. The van der Waals surface area contributed by atoms with E-state index in [9.17, 15) is 21.6 Å². The lowest BCUT2D eigenvalue weighted by atomic mass is 10.5. The van der Waals surface area contributed by atoms with E-state index < -0.39 is 16.8 Å². The van der Waals surface area contributed by atoms with E-state index in [4.69, 9.17) is 0 Å². The standard InChI is InChI=1S/C3H5F3.I2O2S/c1-2-3(4,5)6;1-5(2,3)4/h2H2,1H3;. The minimum atomic E-state index is -3.96. The van der Waals surface area contributed by atoms with Gasteiger partial charge in [0.05, 0.1) is 42.4 Å². The van der Waals surface area contributed by atoms with E-state index in [0.29, 0.717) is 0 Å². The van der Waals surface area contributed by atoms with Gasteiger partial charge in [-0.2, -0.15) is 13.2 Å². The van der Waals surface area contributed by atoms with Crippen molar-refractivity contribution in [3.8, 4) is 0 Å². The molecule has 0 saturated carbocycles. The van der Waals surface area contributed by atoms with E-state index >= 15 is 0 Å². The van der Waals surface area contributed by atoms with Crippen LogP contribution < -0.4 is 0 Å². The molecule has 0 atom stereocenters. The van der Waals surface area contributed by atoms with Crippen molar-refractivity contribution in [1.82, 2.24) is 0 Å². The molecule has 0 radical (unpaired) electrons. The van der Waals surface area contributed by atoms with Gasteiger partial charge in [0, 0.05) is 6.42 Å². The fraction of sp³-hybridized carbons (Fsp3) is 1.00. The SMILES string of the molecule is CCC(F)(F)F.O=S(=O)(I)I. The van der Waals surface area contributed by atoms with Crippen LogP contribution >= 0.6 is 42.4 Å². The summed E-state index contributed by atoms with van der Waals surface area (Å²) in [5, 5.41) is 0. The molecule has 0 aliphatic carbocycles. The van der Waals surface area contributed by atoms with Crippen molar-refractivity contribution in [2.75, 3.05) is 0 Å². The molecule has 2 nitrogen and oxygen atoms in total. The highest BCUT2D eigenvalue weighted by atomic mass is 127. The molecule has 0 heterocycles. The van der Waals surface area contributed by atoms with E-state index in [2.05, 4.69) is 0 Å². The monoisotopic (exact) mass is 416 g/mol. The summed E-state index contributed by atoms with van der Waals surface area (Å²) in [5.41, 5.74) is 0. The van der Waals surface area contributed by atoms with Crippen molar-refractivity contribution in [3.63, 3.8) is 0 Å². The molecule has 8 heteroatoms. The summed E-state index contributed by atoms with van der Waals surface area (Å²) in [5.74, 6) is 0. The minimum Gasteiger partial charge on any atom is -0.208 e.